The standard InChI is InChI=1S/C13H16ClN/c14-10-4-6-11-9(8-10)3-5-12(11)13-2-1-7-15-13/h4,6,8,12-13,15H,1-3,5,7H2. The second-order valence-electron chi connectivity index (χ2n) is 4.69. The van der Waals surface area contributed by atoms with Gasteiger partial charge < -0.3 is 5.32 Å². The van der Waals surface area contributed by atoms with Crippen LogP contribution in [0.4, 0.5) is 0 Å². The van der Waals surface area contributed by atoms with Crippen molar-refractivity contribution in [3.8, 4) is 0 Å². The van der Waals surface area contributed by atoms with Gasteiger partial charge in [-0.05, 0) is 61.4 Å². The van der Waals surface area contributed by atoms with Crippen molar-refractivity contribution < 1.29 is 0 Å². The number of hydrogen-bond donors (Lipinski definition) is 1. The molecule has 1 saturated heterocycles. The summed E-state index contributed by atoms with van der Waals surface area (Å²) >= 11 is 6.02. The Morgan fingerprint density at radius 1 is 1.27 bits per heavy atom. The molecule has 0 spiro atoms. The maximum Gasteiger partial charge on any atom is 0.0408 e. The average Bonchev–Trinajstić information content (AvgIpc) is 2.82. The molecule has 0 bridgehead atoms. The Bertz CT molecular complexity index is 369. The molecule has 2 heteroatoms. The molecular weight excluding hydrogens is 206 g/mol. The fourth-order valence-electron chi connectivity index (χ4n) is 3.09. The Kier molecular flexibility index (Phi) is 2.45. The number of fused-ring (bicyclic) bond motifs is 1. The van der Waals surface area contributed by atoms with E-state index in [4.69, 9.17) is 11.6 Å². The Morgan fingerprint density at radius 2 is 2.20 bits per heavy atom. The number of halogens is 1. The number of benzene rings is 1. The van der Waals surface area contributed by atoms with Crippen molar-refractivity contribution in [1.82, 2.24) is 5.32 Å². The third kappa shape index (κ3) is 1.68. The predicted molar refractivity (Wildman–Crippen MR) is 63.5 cm³/mol. The van der Waals surface area contributed by atoms with Crippen LogP contribution < -0.4 is 5.32 Å². The zero-order chi connectivity index (χ0) is 10.3. The lowest BCUT2D eigenvalue weighted by Crippen LogP contribution is -2.27. The van der Waals surface area contributed by atoms with Crippen LogP contribution in [0, 0.1) is 0 Å². The van der Waals surface area contributed by atoms with E-state index < -0.39 is 0 Å². The summed E-state index contributed by atoms with van der Waals surface area (Å²) in [7, 11) is 0. The highest BCUT2D eigenvalue weighted by molar-refractivity contribution is 6.30. The van der Waals surface area contributed by atoms with Crippen molar-refractivity contribution in [1.29, 1.82) is 0 Å². The molecule has 0 saturated carbocycles. The molecule has 1 N–H and O–H groups in total. The van der Waals surface area contributed by atoms with Crippen LogP contribution in [0.2, 0.25) is 5.02 Å². The second kappa shape index (κ2) is 3.80. The van der Waals surface area contributed by atoms with Crippen molar-refractivity contribution in [2.24, 2.45) is 0 Å². The molecule has 80 valence electrons. The molecule has 1 fully saturated rings. The van der Waals surface area contributed by atoms with Gasteiger partial charge >= 0.3 is 0 Å². The maximum absolute atomic E-state index is 6.02. The largest absolute Gasteiger partial charge is 0.313 e. The second-order valence-corrected chi connectivity index (χ2v) is 5.13. The van der Waals surface area contributed by atoms with E-state index in [1.807, 2.05) is 6.07 Å². The molecule has 1 heterocycles. The van der Waals surface area contributed by atoms with E-state index in [0.29, 0.717) is 6.04 Å². The summed E-state index contributed by atoms with van der Waals surface area (Å²) in [6.45, 7) is 1.20. The summed E-state index contributed by atoms with van der Waals surface area (Å²) in [5, 5.41) is 4.50. The molecule has 3 rings (SSSR count). The van der Waals surface area contributed by atoms with Crippen molar-refractivity contribution in [2.75, 3.05) is 6.54 Å². The van der Waals surface area contributed by atoms with Gasteiger partial charge in [-0.25, -0.2) is 0 Å². The first-order valence-corrected chi connectivity index (χ1v) is 6.24. The smallest absolute Gasteiger partial charge is 0.0408 e. The topological polar surface area (TPSA) is 12.0 Å². The van der Waals surface area contributed by atoms with Gasteiger partial charge in [0, 0.05) is 11.1 Å². The summed E-state index contributed by atoms with van der Waals surface area (Å²) in [6, 6.07) is 7.13. The first-order valence-electron chi connectivity index (χ1n) is 5.86. The van der Waals surface area contributed by atoms with Crippen molar-refractivity contribution in [3.05, 3.63) is 34.3 Å². The molecule has 2 aliphatic rings. The molecule has 2 atom stereocenters. The zero-order valence-electron chi connectivity index (χ0n) is 8.80. The molecule has 15 heavy (non-hydrogen) atoms. The predicted octanol–water partition coefficient (Wildman–Crippen LogP) is 3.12. The first-order chi connectivity index (χ1) is 7.34. The van der Waals surface area contributed by atoms with Gasteiger partial charge in [-0.1, -0.05) is 17.7 Å². The van der Waals surface area contributed by atoms with E-state index in [1.54, 1.807) is 5.56 Å². The van der Waals surface area contributed by atoms with Crippen molar-refractivity contribution in [2.45, 2.75) is 37.6 Å². The molecule has 2 unspecified atom stereocenters. The van der Waals surface area contributed by atoms with Crippen LogP contribution in [0.15, 0.2) is 18.2 Å². The van der Waals surface area contributed by atoms with Crippen LogP contribution in [0.25, 0.3) is 0 Å². The Hall–Kier alpha value is -0.530. The molecule has 0 radical (unpaired) electrons. The van der Waals surface area contributed by atoms with E-state index in [1.165, 1.54) is 37.8 Å². The lowest BCUT2D eigenvalue weighted by Gasteiger charge is -2.19. The molecule has 1 aliphatic carbocycles. The molecule has 1 aliphatic heterocycles. The van der Waals surface area contributed by atoms with E-state index >= 15 is 0 Å². The minimum absolute atomic E-state index is 0.715. The van der Waals surface area contributed by atoms with Gasteiger partial charge in [-0.2, -0.15) is 0 Å². The molecule has 1 aromatic carbocycles. The van der Waals surface area contributed by atoms with Gasteiger partial charge in [0.15, 0.2) is 0 Å². The van der Waals surface area contributed by atoms with E-state index in [-0.39, 0.29) is 0 Å². The Morgan fingerprint density at radius 3 is 3.00 bits per heavy atom. The van der Waals surface area contributed by atoms with Crippen LogP contribution in [-0.2, 0) is 6.42 Å². The van der Waals surface area contributed by atoms with Crippen LogP contribution in [0.5, 0.6) is 0 Å². The SMILES string of the molecule is Clc1ccc2c(c1)CCC2C1CCCN1. The van der Waals surface area contributed by atoms with Gasteiger partial charge in [0.2, 0.25) is 0 Å². The number of hydrogen-bond acceptors (Lipinski definition) is 1. The summed E-state index contributed by atoms with van der Waals surface area (Å²) in [5.41, 5.74) is 3.01. The molecular formula is C13H16ClN. The molecule has 0 aromatic heterocycles. The lowest BCUT2D eigenvalue weighted by molar-refractivity contribution is 0.486. The summed E-state index contributed by atoms with van der Waals surface area (Å²) < 4.78 is 0. The highest BCUT2D eigenvalue weighted by Gasteiger charge is 2.31. The number of nitrogens with one attached hydrogen (secondary N) is 1. The average molecular weight is 222 g/mol. The number of rotatable bonds is 1. The van der Waals surface area contributed by atoms with Gasteiger partial charge in [0.05, 0.1) is 0 Å². The third-order valence-corrected chi connectivity index (χ3v) is 4.05. The quantitative estimate of drug-likeness (QED) is 0.769. The minimum Gasteiger partial charge on any atom is -0.313 e. The zero-order valence-corrected chi connectivity index (χ0v) is 9.56. The van der Waals surface area contributed by atoms with Crippen molar-refractivity contribution >= 4 is 11.6 Å². The molecule has 1 nitrogen and oxygen atoms in total. The van der Waals surface area contributed by atoms with E-state index in [2.05, 4.69) is 17.4 Å². The van der Waals surface area contributed by atoms with Crippen LogP contribution >= 0.6 is 11.6 Å². The Balaban J connectivity index is 1.90. The number of aryl methyl sites for hydroxylation is 1. The maximum atomic E-state index is 6.02. The van der Waals surface area contributed by atoms with Crippen LogP contribution in [-0.4, -0.2) is 12.6 Å². The van der Waals surface area contributed by atoms with Gasteiger partial charge in [-0.3, -0.25) is 0 Å². The monoisotopic (exact) mass is 221 g/mol. The lowest BCUT2D eigenvalue weighted by atomic mass is 9.92. The van der Waals surface area contributed by atoms with Gasteiger partial charge in [-0.15, -0.1) is 0 Å². The third-order valence-electron chi connectivity index (χ3n) is 3.81. The molecule has 1 aromatic rings. The Labute approximate surface area is 95.8 Å². The van der Waals surface area contributed by atoms with Gasteiger partial charge in [0.1, 0.15) is 0 Å². The van der Waals surface area contributed by atoms with E-state index in [9.17, 15) is 0 Å². The van der Waals surface area contributed by atoms with Crippen LogP contribution in [0.3, 0.4) is 0 Å². The van der Waals surface area contributed by atoms with Crippen LogP contribution in [0.1, 0.15) is 36.3 Å². The fourth-order valence-corrected chi connectivity index (χ4v) is 3.29. The summed E-state index contributed by atoms with van der Waals surface area (Å²) in [6.07, 6.45) is 5.18. The summed E-state index contributed by atoms with van der Waals surface area (Å²) in [5.74, 6) is 0.736. The highest BCUT2D eigenvalue weighted by atomic mass is 35.5. The highest BCUT2D eigenvalue weighted by Crippen LogP contribution is 2.38. The van der Waals surface area contributed by atoms with E-state index in [0.717, 1.165) is 10.9 Å². The fraction of sp³-hybridized carbons (Fsp3) is 0.538. The molecule has 0 amide bonds. The first kappa shape index (κ1) is 9.68. The van der Waals surface area contributed by atoms with Crippen molar-refractivity contribution in [3.63, 3.8) is 0 Å². The summed E-state index contributed by atoms with van der Waals surface area (Å²) in [4.78, 5) is 0. The normalized spacial score (nSPS) is 29.4. The minimum atomic E-state index is 0.715. The van der Waals surface area contributed by atoms with Gasteiger partial charge in [0.25, 0.3) is 0 Å².